The molecule has 0 bridgehead atoms. The average molecular weight is 348 g/mol. The number of carboxylic acids is 1. The molecule has 3 rings (SSSR count). The van der Waals surface area contributed by atoms with Crippen LogP contribution in [-0.4, -0.2) is 22.6 Å². The Morgan fingerprint density at radius 2 is 1.77 bits per heavy atom. The minimum absolute atomic E-state index is 0.178. The first kappa shape index (κ1) is 17.5. The molecule has 5 nitrogen and oxygen atoms in total. The molecule has 0 saturated heterocycles. The predicted molar refractivity (Wildman–Crippen MR) is 101 cm³/mol. The first-order valence-electron chi connectivity index (χ1n) is 8.42. The highest BCUT2D eigenvalue weighted by Gasteiger charge is 2.12. The zero-order valence-corrected chi connectivity index (χ0v) is 14.5. The summed E-state index contributed by atoms with van der Waals surface area (Å²) in [7, 11) is 0. The molecule has 1 aromatic heterocycles. The number of anilines is 1. The second kappa shape index (κ2) is 8.16. The molecular formula is C21H20N2O3. The van der Waals surface area contributed by atoms with E-state index in [0.717, 1.165) is 29.4 Å². The number of carbonyl (C=O) groups is 1. The first-order chi connectivity index (χ1) is 12.7. The molecule has 2 aromatic carbocycles. The van der Waals surface area contributed by atoms with E-state index in [1.165, 1.54) is 6.20 Å². The van der Waals surface area contributed by atoms with Gasteiger partial charge in [0, 0.05) is 24.8 Å². The van der Waals surface area contributed by atoms with Gasteiger partial charge in [0.15, 0.2) is 0 Å². The smallest absolute Gasteiger partial charge is 0.337 e. The van der Waals surface area contributed by atoms with Gasteiger partial charge in [0.2, 0.25) is 0 Å². The number of benzene rings is 2. The summed E-state index contributed by atoms with van der Waals surface area (Å²) in [6.45, 7) is 3.38. The number of hydrogen-bond acceptors (Lipinski definition) is 4. The van der Waals surface area contributed by atoms with E-state index in [2.05, 4.69) is 9.88 Å². The van der Waals surface area contributed by atoms with Gasteiger partial charge in [0.05, 0.1) is 5.56 Å². The van der Waals surface area contributed by atoms with Crippen LogP contribution in [0.5, 0.6) is 11.5 Å². The number of aromatic nitrogens is 1. The maximum atomic E-state index is 11.0. The molecule has 0 atom stereocenters. The number of pyridine rings is 1. The number of carboxylic acid groups (broad SMARTS) is 1. The van der Waals surface area contributed by atoms with E-state index in [1.54, 1.807) is 12.1 Å². The summed E-state index contributed by atoms with van der Waals surface area (Å²) < 4.78 is 6.02. The third-order valence-electron chi connectivity index (χ3n) is 4.01. The Kier molecular flexibility index (Phi) is 5.49. The van der Waals surface area contributed by atoms with E-state index in [1.807, 2.05) is 61.5 Å². The molecule has 5 heteroatoms. The van der Waals surface area contributed by atoms with Crippen molar-refractivity contribution in [3.05, 3.63) is 84.1 Å². The zero-order chi connectivity index (χ0) is 18.4. The van der Waals surface area contributed by atoms with Crippen molar-refractivity contribution in [2.45, 2.75) is 13.5 Å². The fraction of sp³-hybridized carbons (Fsp3) is 0.143. The molecule has 26 heavy (non-hydrogen) atoms. The quantitative estimate of drug-likeness (QED) is 0.676. The van der Waals surface area contributed by atoms with E-state index >= 15 is 0 Å². The highest BCUT2D eigenvalue weighted by Crippen LogP contribution is 2.27. The van der Waals surface area contributed by atoms with Crippen LogP contribution in [0.15, 0.2) is 72.9 Å². The lowest BCUT2D eigenvalue weighted by Crippen LogP contribution is -2.23. The molecule has 1 heterocycles. The Morgan fingerprint density at radius 3 is 2.42 bits per heavy atom. The summed E-state index contributed by atoms with van der Waals surface area (Å²) in [5, 5.41) is 9.01. The first-order valence-corrected chi connectivity index (χ1v) is 8.42. The molecule has 0 spiro atoms. The highest BCUT2D eigenvalue weighted by atomic mass is 16.5. The molecule has 132 valence electrons. The van der Waals surface area contributed by atoms with Crippen LogP contribution in [0.2, 0.25) is 0 Å². The lowest BCUT2D eigenvalue weighted by molar-refractivity contribution is 0.0696. The number of ether oxygens (including phenoxy) is 1. The predicted octanol–water partition coefficient (Wildman–Crippen LogP) is 4.60. The monoisotopic (exact) mass is 348 g/mol. The highest BCUT2D eigenvalue weighted by molar-refractivity contribution is 5.87. The minimum atomic E-state index is -0.978. The van der Waals surface area contributed by atoms with Gasteiger partial charge in [0.25, 0.3) is 0 Å². The number of rotatable bonds is 7. The van der Waals surface area contributed by atoms with Gasteiger partial charge in [-0.05, 0) is 37.3 Å². The maximum absolute atomic E-state index is 11.0. The lowest BCUT2D eigenvalue weighted by atomic mass is 10.2. The molecular weight excluding hydrogens is 328 g/mol. The second-order valence-electron chi connectivity index (χ2n) is 5.75. The van der Waals surface area contributed by atoms with Crippen molar-refractivity contribution in [3.63, 3.8) is 0 Å². The number of hydrogen-bond donors (Lipinski definition) is 1. The maximum Gasteiger partial charge on any atom is 0.337 e. The second-order valence-corrected chi connectivity index (χ2v) is 5.75. The van der Waals surface area contributed by atoms with Crippen molar-refractivity contribution in [2.75, 3.05) is 11.4 Å². The zero-order valence-electron chi connectivity index (χ0n) is 14.5. The fourth-order valence-corrected chi connectivity index (χ4v) is 2.61. The van der Waals surface area contributed by atoms with Crippen molar-refractivity contribution in [3.8, 4) is 11.5 Å². The van der Waals surface area contributed by atoms with Crippen LogP contribution in [0.3, 0.4) is 0 Å². The third kappa shape index (κ3) is 4.19. The molecule has 0 fully saturated rings. The van der Waals surface area contributed by atoms with Crippen LogP contribution in [0.4, 0.5) is 5.82 Å². The SMILES string of the molecule is CCN(Cc1ccccc1Oc1ccccc1)c1ccc(C(=O)O)cn1. The van der Waals surface area contributed by atoms with E-state index < -0.39 is 5.97 Å². The van der Waals surface area contributed by atoms with Gasteiger partial charge in [0.1, 0.15) is 17.3 Å². The minimum Gasteiger partial charge on any atom is -0.478 e. The van der Waals surface area contributed by atoms with Gasteiger partial charge < -0.3 is 14.7 Å². The van der Waals surface area contributed by atoms with E-state index in [-0.39, 0.29) is 5.56 Å². The molecule has 0 aliphatic carbocycles. The summed E-state index contributed by atoms with van der Waals surface area (Å²) in [6, 6.07) is 20.8. The van der Waals surface area contributed by atoms with Crippen molar-refractivity contribution in [1.29, 1.82) is 0 Å². The molecule has 0 amide bonds. The molecule has 0 aliphatic heterocycles. The molecule has 3 aromatic rings. The molecule has 0 saturated carbocycles. The third-order valence-corrected chi connectivity index (χ3v) is 4.01. The largest absolute Gasteiger partial charge is 0.478 e. The molecule has 1 N–H and O–H groups in total. The van der Waals surface area contributed by atoms with Crippen LogP contribution in [-0.2, 0) is 6.54 Å². The average Bonchev–Trinajstić information content (AvgIpc) is 2.68. The fourth-order valence-electron chi connectivity index (χ4n) is 2.61. The number of para-hydroxylation sites is 2. The van der Waals surface area contributed by atoms with Gasteiger partial charge in [-0.3, -0.25) is 0 Å². The van der Waals surface area contributed by atoms with Crippen molar-refractivity contribution < 1.29 is 14.6 Å². The van der Waals surface area contributed by atoms with Crippen molar-refractivity contribution in [2.24, 2.45) is 0 Å². The van der Waals surface area contributed by atoms with Crippen LogP contribution in [0, 0.1) is 0 Å². The van der Waals surface area contributed by atoms with Gasteiger partial charge in [-0.25, -0.2) is 9.78 Å². The van der Waals surface area contributed by atoms with Gasteiger partial charge in [-0.2, -0.15) is 0 Å². The Bertz CT molecular complexity index is 864. The lowest BCUT2D eigenvalue weighted by Gasteiger charge is -2.23. The Balaban J connectivity index is 1.81. The van der Waals surface area contributed by atoms with Gasteiger partial charge in [-0.1, -0.05) is 36.4 Å². The Morgan fingerprint density at radius 1 is 1.04 bits per heavy atom. The van der Waals surface area contributed by atoms with E-state index in [0.29, 0.717) is 6.54 Å². The van der Waals surface area contributed by atoms with Gasteiger partial charge in [-0.15, -0.1) is 0 Å². The number of aromatic carboxylic acids is 1. The summed E-state index contributed by atoms with van der Waals surface area (Å²) in [6.07, 6.45) is 1.38. The van der Waals surface area contributed by atoms with Crippen LogP contribution in [0.1, 0.15) is 22.8 Å². The standard InChI is InChI=1S/C21H20N2O3/c1-2-23(20-13-12-16(14-22-20)21(24)25)15-17-8-6-7-11-19(17)26-18-9-4-3-5-10-18/h3-14H,2,15H2,1H3,(H,24,25). The van der Waals surface area contributed by atoms with Crippen LogP contribution < -0.4 is 9.64 Å². The normalized spacial score (nSPS) is 10.3. The van der Waals surface area contributed by atoms with Crippen molar-refractivity contribution in [1.82, 2.24) is 4.98 Å². The van der Waals surface area contributed by atoms with E-state index in [9.17, 15) is 4.79 Å². The van der Waals surface area contributed by atoms with Crippen molar-refractivity contribution >= 4 is 11.8 Å². The Labute approximate surface area is 152 Å². The molecule has 0 aliphatic rings. The summed E-state index contributed by atoms with van der Waals surface area (Å²) in [5.74, 6) is 1.33. The number of nitrogens with zero attached hydrogens (tertiary/aromatic N) is 2. The van der Waals surface area contributed by atoms with Crippen LogP contribution >= 0.6 is 0 Å². The van der Waals surface area contributed by atoms with Gasteiger partial charge >= 0.3 is 5.97 Å². The summed E-state index contributed by atoms with van der Waals surface area (Å²) >= 11 is 0. The topological polar surface area (TPSA) is 62.7 Å². The summed E-state index contributed by atoms with van der Waals surface area (Å²) in [5.41, 5.74) is 1.21. The van der Waals surface area contributed by atoms with Crippen LogP contribution in [0.25, 0.3) is 0 Å². The molecule has 0 unspecified atom stereocenters. The summed E-state index contributed by atoms with van der Waals surface area (Å²) in [4.78, 5) is 17.3. The molecule has 0 radical (unpaired) electrons. The Hall–Kier alpha value is -3.34. The van der Waals surface area contributed by atoms with E-state index in [4.69, 9.17) is 9.84 Å².